The maximum atomic E-state index is 11.6. The Morgan fingerprint density at radius 3 is 2.62 bits per heavy atom. The number of ether oxygens (including phenoxy) is 1. The van der Waals surface area contributed by atoms with Gasteiger partial charge in [0.2, 0.25) is 5.89 Å². The van der Waals surface area contributed by atoms with E-state index in [0.717, 1.165) is 19.3 Å². The lowest BCUT2D eigenvalue weighted by Gasteiger charge is -2.03. The number of hydrogen-bond acceptors (Lipinski definition) is 6. The van der Waals surface area contributed by atoms with E-state index in [9.17, 15) is 9.59 Å². The van der Waals surface area contributed by atoms with Crippen LogP contribution in [0, 0.1) is 0 Å². The summed E-state index contributed by atoms with van der Waals surface area (Å²) >= 11 is 0. The van der Waals surface area contributed by atoms with Gasteiger partial charge in [0.05, 0.1) is 12.8 Å². The van der Waals surface area contributed by atoms with Crippen molar-refractivity contribution in [3.05, 3.63) is 23.9 Å². The molecule has 1 rings (SSSR count). The number of aromatic nitrogens is 2. The average molecular weight is 338 g/mol. The number of nitrogens with zero attached hydrogens (tertiary/aromatic N) is 2. The standard InChI is InChI=1S/C17H26N2O5/c1-3-4-5-6-7-8-9-14-18-15(24-19-14)12-13(2)17(22)23-11-10-16(20)21/h2-12H2,1H3,(H,20,21). The van der Waals surface area contributed by atoms with Crippen molar-refractivity contribution in [1.82, 2.24) is 10.1 Å². The molecular formula is C17H26N2O5. The summed E-state index contributed by atoms with van der Waals surface area (Å²) < 4.78 is 9.90. The highest BCUT2D eigenvalue weighted by Gasteiger charge is 2.14. The van der Waals surface area contributed by atoms with Gasteiger partial charge < -0.3 is 14.4 Å². The van der Waals surface area contributed by atoms with Crippen LogP contribution in [-0.4, -0.2) is 33.8 Å². The quantitative estimate of drug-likeness (QED) is 0.335. The van der Waals surface area contributed by atoms with Gasteiger partial charge in [-0.1, -0.05) is 50.8 Å². The van der Waals surface area contributed by atoms with Gasteiger partial charge >= 0.3 is 11.9 Å². The predicted octanol–water partition coefficient (Wildman–Crippen LogP) is 3.09. The second-order valence-electron chi connectivity index (χ2n) is 5.68. The van der Waals surface area contributed by atoms with E-state index < -0.39 is 11.9 Å². The fourth-order valence-corrected chi connectivity index (χ4v) is 2.11. The molecule has 24 heavy (non-hydrogen) atoms. The summed E-state index contributed by atoms with van der Waals surface area (Å²) in [6.07, 6.45) is 7.78. The molecule has 0 spiro atoms. The van der Waals surface area contributed by atoms with Crippen LogP contribution in [0.25, 0.3) is 0 Å². The first-order chi connectivity index (χ1) is 11.5. The molecule has 0 saturated heterocycles. The fourth-order valence-electron chi connectivity index (χ4n) is 2.11. The molecule has 1 aromatic rings. The number of aliphatic carboxylic acids is 1. The maximum Gasteiger partial charge on any atom is 0.333 e. The first-order valence-corrected chi connectivity index (χ1v) is 8.41. The molecule has 0 aromatic carbocycles. The molecule has 0 bridgehead atoms. The van der Waals surface area contributed by atoms with E-state index in [0.29, 0.717) is 11.7 Å². The Balaban J connectivity index is 2.26. The Hall–Kier alpha value is -2.18. The van der Waals surface area contributed by atoms with Gasteiger partial charge in [-0.3, -0.25) is 4.79 Å². The normalized spacial score (nSPS) is 10.5. The third-order valence-corrected chi connectivity index (χ3v) is 3.47. The maximum absolute atomic E-state index is 11.6. The topological polar surface area (TPSA) is 103 Å². The van der Waals surface area contributed by atoms with Crippen molar-refractivity contribution in [1.29, 1.82) is 0 Å². The number of rotatable bonds is 13. The molecule has 1 aromatic heterocycles. The number of carbonyl (C=O) groups is 2. The molecule has 1 heterocycles. The first-order valence-electron chi connectivity index (χ1n) is 8.41. The molecule has 7 heteroatoms. The third-order valence-electron chi connectivity index (χ3n) is 3.47. The Labute approximate surface area is 142 Å². The molecular weight excluding hydrogens is 312 g/mol. The van der Waals surface area contributed by atoms with E-state index in [1.165, 1.54) is 25.7 Å². The van der Waals surface area contributed by atoms with Gasteiger partial charge in [0.15, 0.2) is 5.82 Å². The zero-order valence-corrected chi connectivity index (χ0v) is 14.3. The molecule has 0 atom stereocenters. The molecule has 0 fully saturated rings. The highest BCUT2D eigenvalue weighted by Crippen LogP contribution is 2.10. The van der Waals surface area contributed by atoms with Gasteiger partial charge in [0, 0.05) is 12.0 Å². The third kappa shape index (κ3) is 8.45. The van der Waals surface area contributed by atoms with Crippen LogP contribution in [0.4, 0.5) is 0 Å². The number of unbranched alkanes of at least 4 members (excludes halogenated alkanes) is 5. The zero-order chi connectivity index (χ0) is 17.8. The van der Waals surface area contributed by atoms with Crippen molar-refractivity contribution in [2.75, 3.05) is 6.61 Å². The van der Waals surface area contributed by atoms with E-state index in [1.54, 1.807) is 0 Å². The number of carbonyl (C=O) groups excluding carboxylic acids is 1. The van der Waals surface area contributed by atoms with Crippen LogP contribution < -0.4 is 0 Å². The van der Waals surface area contributed by atoms with Gasteiger partial charge in [-0.25, -0.2) is 4.79 Å². The van der Waals surface area contributed by atoms with Crippen LogP contribution in [-0.2, 0) is 27.2 Å². The predicted molar refractivity (Wildman–Crippen MR) is 87.4 cm³/mol. The van der Waals surface area contributed by atoms with Gasteiger partial charge in [-0.2, -0.15) is 4.98 Å². The minimum absolute atomic E-state index is 0.107. The van der Waals surface area contributed by atoms with Crippen molar-refractivity contribution in [3.8, 4) is 0 Å². The summed E-state index contributed by atoms with van der Waals surface area (Å²) in [5, 5.41) is 12.4. The van der Waals surface area contributed by atoms with Gasteiger partial charge in [0.1, 0.15) is 6.61 Å². The van der Waals surface area contributed by atoms with E-state index in [4.69, 9.17) is 14.4 Å². The summed E-state index contributed by atoms with van der Waals surface area (Å²) in [5.74, 6) is -0.722. The van der Waals surface area contributed by atoms with Crippen molar-refractivity contribution in [3.63, 3.8) is 0 Å². The van der Waals surface area contributed by atoms with Crippen LogP contribution in [0.5, 0.6) is 0 Å². The van der Waals surface area contributed by atoms with E-state index >= 15 is 0 Å². The highest BCUT2D eigenvalue weighted by atomic mass is 16.5. The van der Waals surface area contributed by atoms with Crippen LogP contribution >= 0.6 is 0 Å². The zero-order valence-electron chi connectivity index (χ0n) is 14.3. The van der Waals surface area contributed by atoms with Gasteiger partial charge in [0.25, 0.3) is 0 Å². The van der Waals surface area contributed by atoms with Gasteiger partial charge in [-0.05, 0) is 6.42 Å². The molecule has 1 N–H and O–H groups in total. The second-order valence-corrected chi connectivity index (χ2v) is 5.68. The van der Waals surface area contributed by atoms with E-state index in [1.807, 2.05) is 0 Å². The van der Waals surface area contributed by atoms with Crippen molar-refractivity contribution < 1.29 is 24.0 Å². The molecule has 0 unspecified atom stereocenters. The average Bonchev–Trinajstić information content (AvgIpc) is 2.97. The molecule has 0 aliphatic heterocycles. The number of carboxylic acids is 1. The van der Waals surface area contributed by atoms with E-state index in [2.05, 4.69) is 23.6 Å². The monoisotopic (exact) mass is 338 g/mol. The lowest BCUT2D eigenvalue weighted by Crippen LogP contribution is -2.12. The van der Waals surface area contributed by atoms with Crippen LogP contribution in [0.3, 0.4) is 0 Å². The van der Waals surface area contributed by atoms with Crippen molar-refractivity contribution in [2.24, 2.45) is 0 Å². The van der Waals surface area contributed by atoms with E-state index in [-0.39, 0.29) is 25.0 Å². The summed E-state index contributed by atoms with van der Waals surface area (Å²) in [4.78, 5) is 26.2. The molecule has 0 amide bonds. The second kappa shape index (κ2) is 11.4. The molecule has 0 saturated carbocycles. The van der Waals surface area contributed by atoms with Crippen LogP contribution in [0.2, 0.25) is 0 Å². The van der Waals surface area contributed by atoms with Crippen molar-refractivity contribution >= 4 is 11.9 Å². The van der Waals surface area contributed by atoms with Crippen molar-refractivity contribution in [2.45, 2.75) is 64.7 Å². The first kappa shape index (κ1) is 19.9. The lowest BCUT2D eigenvalue weighted by molar-refractivity contribution is -0.143. The Morgan fingerprint density at radius 1 is 1.21 bits per heavy atom. The smallest absolute Gasteiger partial charge is 0.333 e. The number of esters is 1. The van der Waals surface area contributed by atoms with Crippen LogP contribution in [0.15, 0.2) is 16.7 Å². The highest BCUT2D eigenvalue weighted by molar-refractivity contribution is 5.88. The number of hydrogen-bond donors (Lipinski definition) is 1. The minimum atomic E-state index is -1.02. The molecule has 0 aliphatic carbocycles. The molecule has 0 aliphatic rings. The van der Waals surface area contributed by atoms with Gasteiger partial charge in [-0.15, -0.1) is 0 Å². The Kier molecular flexibility index (Phi) is 9.41. The number of aryl methyl sites for hydroxylation is 1. The molecule has 7 nitrogen and oxygen atoms in total. The molecule has 134 valence electrons. The summed E-state index contributed by atoms with van der Waals surface area (Å²) in [6, 6.07) is 0. The summed E-state index contributed by atoms with van der Waals surface area (Å²) in [7, 11) is 0. The summed E-state index contributed by atoms with van der Waals surface area (Å²) in [5.41, 5.74) is 0.162. The summed E-state index contributed by atoms with van der Waals surface area (Å²) in [6.45, 7) is 5.62. The lowest BCUT2D eigenvalue weighted by atomic mass is 10.1. The fraction of sp³-hybridized carbons (Fsp3) is 0.647. The Morgan fingerprint density at radius 2 is 1.92 bits per heavy atom. The largest absolute Gasteiger partial charge is 0.481 e. The molecule has 0 radical (unpaired) electrons. The Bertz CT molecular complexity index is 539. The van der Waals surface area contributed by atoms with Crippen LogP contribution in [0.1, 0.15) is 63.6 Å². The minimum Gasteiger partial charge on any atom is -0.481 e. The number of carboxylic acid groups (broad SMARTS) is 1. The SMILES string of the molecule is C=C(Cc1nc(CCCCCCCC)no1)C(=O)OCCC(=O)O.